The number of carbonyl (C=O) groups excluding carboxylic acids is 1. The van der Waals surface area contributed by atoms with Crippen LogP contribution >= 0.6 is 0 Å². The molecule has 0 aliphatic rings. The molecule has 0 heterocycles. The van der Waals surface area contributed by atoms with Gasteiger partial charge in [0.25, 0.3) is 5.91 Å². The zero-order chi connectivity index (χ0) is 22.2. The van der Waals surface area contributed by atoms with Gasteiger partial charge in [0.05, 0.1) is 0 Å². The second-order valence-electron chi connectivity index (χ2n) is 7.12. The topological polar surface area (TPSA) is 73.4 Å². The molecular formula is C21H31F3N4O. The normalized spacial score (nSPS) is 12.5. The van der Waals surface area contributed by atoms with Gasteiger partial charge in [0, 0.05) is 19.6 Å². The maximum absolute atomic E-state index is 12.8. The molecular weight excluding hydrogens is 381 g/mol. The number of rotatable bonds is 10. The largest absolute Gasteiger partial charge is 0.430 e. The lowest BCUT2D eigenvalue weighted by molar-refractivity contribution is -0.124. The summed E-state index contributed by atoms with van der Waals surface area (Å²) in [5.41, 5.74) is 4.73. The van der Waals surface area contributed by atoms with Gasteiger partial charge in [-0.25, -0.2) is 0 Å². The van der Waals surface area contributed by atoms with Gasteiger partial charge < -0.3 is 15.5 Å². The Balaban J connectivity index is 3.14. The minimum Gasteiger partial charge on any atom is -0.395 e. The number of amides is 1. The third kappa shape index (κ3) is 7.53. The monoisotopic (exact) mass is 412 g/mol. The second kappa shape index (κ2) is 11.0. The van der Waals surface area contributed by atoms with Gasteiger partial charge in [-0.1, -0.05) is 52.0 Å². The van der Waals surface area contributed by atoms with E-state index in [1.807, 2.05) is 52.0 Å². The number of alkyl halides is 3. The average molecular weight is 413 g/mol. The Morgan fingerprint density at radius 1 is 1.17 bits per heavy atom. The first-order valence-corrected chi connectivity index (χ1v) is 9.73. The van der Waals surface area contributed by atoms with Gasteiger partial charge in [-0.2, -0.15) is 13.2 Å². The fourth-order valence-corrected chi connectivity index (χ4v) is 2.97. The minimum atomic E-state index is -4.77. The summed E-state index contributed by atoms with van der Waals surface area (Å²) in [5.74, 6) is -0.547. The van der Waals surface area contributed by atoms with E-state index in [4.69, 9.17) is 11.1 Å². The summed E-state index contributed by atoms with van der Waals surface area (Å²) in [6.07, 6.45) is -4.38. The maximum atomic E-state index is 12.8. The van der Waals surface area contributed by atoms with Crippen LogP contribution in [0.5, 0.6) is 0 Å². The Bertz CT molecular complexity index is 725. The van der Waals surface area contributed by atoms with Crippen molar-refractivity contribution in [1.82, 2.24) is 9.80 Å². The van der Waals surface area contributed by atoms with E-state index in [9.17, 15) is 18.0 Å². The Kier molecular flexibility index (Phi) is 9.36. The molecule has 0 spiro atoms. The third-order valence-electron chi connectivity index (χ3n) is 4.76. The number of allylic oxidation sites excluding steroid dienone is 1. The lowest BCUT2D eigenvalue weighted by atomic mass is 9.97. The lowest BCUT2D eigenvalue weighted by Crippen LogP contribution is -2.41. The number of hydrogen-bond acceptors (Lipinski definition) is 4. The van der Waals surface area contributed by atoms with Crippen molar-refractivity contribution in [1.29, 1.82) is 5.41 Å². The van der Waals surface area contributed by atoms with Gasteiger partial charge in [0.15, 0.2) is 0 Å². The molecule has 0 aliphatic carbocycles. The summed E-state index contributed by atoms with van der Waals surface area (Å²) in [6.45, 7) is 10.7. The highest BCUT2D eigenvalue weighted by molar-refractivity contribution is 6.42. The molecule has 1 rings (SSSR count). The predicted octanol–water partition coefficient (Wildman–Crippen LogP) is 3.91. The Morgan fingerprint density at radius 2 is 1.76 bits per heavy atom. The second-order valence-corrected chi connectivity index (χ2v) is 7.12. The molecule has 0 aliphatic heterocycles. The van der Waals surface area contributed by atoms with Crippen molar-refractivity contribution >= 4 is 11.6 Å². The third-order valence-corrected chi connectivity index (χ3v) is 4.76. The van der Waals surface area contributed by atoms with Crippen LogP contribution in [0.4, 0.5) is 13.2 Å². The maximum Gasteiger partial charge on any atom is 0.430 e. The molecule has 0 saturated carbocycles. The van der Waals surface area contributed by atoms with E-state index >= 15 is 0 Å². The first kappa shape index (κ1) is 24.7. The van der Waals surface area contributed by atoms with Gasteiger partial charge in [-0.15, -0.1) is 0 Å². The summed E-state index contributed by atoms with van der Waals surface area (Å²) >= 11 is 0. The van der Waals surface area contributed by atoms with E-state index in [0.29, 0.717) is 19.2 Å². The van der Waals surface area contributed by atoms with Crippen molar-refractivity contribution in [3.63, 3.8) is 0 Å². The van der Waals surface area contributed by atoms with Crippen LogP contribution < -0.4 is 5.73 Å². The average Bonchev–Trinajstić information content (AvgIpc) is 2.66. The van der Waals surface area contributed by atoms with Gasteiger partial charge in [0.2, 0.25) is 0 Å². The molecule has 0 radical (unpaired) electrons. The van der Waals surface area contributed by atoms with Crippen LogP contribution in [0.2, 0.25) is 0 Å². The van der Waals surface area contributed by atoms with Crippen molar-refractivity contribution < 1.29 is 18.0 Å². The summed E-state index contributed by atoms with van der Waals surface area (Å²) in [4.78, 5) is 16.3. The number of carbonyl (C=O) groups is 1. The van der Waals surface area contributed by atoms with Gasteiger partial charge in [0.1, 0.15) is 11.4 Å². The molecule has 0 saturated heterocycles. The molecule has 0 bridgehead atoms. The van der Waals surface area contributed by atoms with Crippen LogP contribution in [-0.2, 0) is 11.3 Å². The number of nitrogens with zero attached hydrogens (tertiary/aromatic N) is 2. The van der Waals surface area contributed by atoms with Crippen molar-refractivity contribution in [3.05, 3.63) is 47.2 Å². The SMILES string of the molecule is CCN(CC)CCN(Cc1ccccc1C(C)C)C(=O)C(=N)C=C(N)C(F)(F)F. The van der Waals surface area contributed by atoms with Gasteiger partial charge in [-0.3, -0.25) is 10.2 Å². The summed E-state index contributed by atoms with van der Waals surface area (Å²) in [7, 11) is 0. The standard InChI is InChI=1S/C21H31F3N4O/c1-5-27(6-2)11-12-28(14-16-9-7-8-10-17(16)15(3)4)20(29)18(25)13-19(26)21(22,23)24/h7-10,13,15,25H,5-6,11-12,14,26H2,1-4H3. The van der Waals surface area contributed by atoms with Crippen LogP contribution in [0, 0.1) is 5.41 Å². The first-order valence-electron chi connectivity index (χ1n) is 9.73. The molecule has 1 aromatic rings. The highest BCUT2D eigenvalue weighted by atomic mass is 19.4. The number of hydrogen-bond donors (Lipinski definition) is 2. The number of likely N-dealkylation sites (N-methyl/N-ethyl adjacent to an activating group) is 1. The molecule has 1 aromatic carbocycles. The molecule has 0 unspecified atom stereocenters. The number of nitrogens with two attached hydrogens (primary N) is 1. The van der Waals surface area contributed by atoms with E-state index in [1.54, 1.807) is 0 Å². The fourth-order valence-electron chi connectivity index (χ4n) is 2.97. The highest BCUT2D eigenvalue weighted by Crippen LogP contribution is 2.22. The van der Waals surface area contributed by atoms with E-state index in [0.717, 1.165) is 24.2 Å². The summed E-state index contributed by atoms with van der Waals surface area (Å²) < 4.78 is 38.1. The van der Waals surface area contributed by atoms with E-state index in [-0.39, 0.29) is 12.5 Å². The smallest absolute Gasteiger partial charge is 0.395 e. The quantitative estimate of drug-likeness (QED) is 0.573. The van der Waals surface area contributed by atoms with Crippen molar-refractivity contribution in [2.24, 2.45) is 5.73 Å². The zero-order valence-electron chi connectivity index (χ0n) is 17.5. The Morgan fingerprint density at radius 3 is 2.28 bits per heavy atom. The fraction of sp³-hybridized carbons (Fsp3) is 0.524. The van der Waals surface area contributed by atoms with E-state index in [1.165, 1.54) is 4.90 Å². The van der Waals surface area contributed by atoms with Crippen molar-refractivity contribution in [2.75, 3.05) is 26.2 Å². The van der Waals surface area contributed by atoms with E-state index < -0.39 is 23.5 Å². The van der Waals surface area contributed by atoms with Crippen LogP contribution in [0.25, 0.3) is 0 Å². The molecule has 162 valence electrons. The molecule has 0 aromatic heterocycles. The Labute approximate surface area is 170 Å². The van der Waals surface area contributed by atoms with Gasteiger partial charge in [-0.05, 0) is 36.2 Å². The van der Waals surface area contributed by atoms with Crippen LogP contribution in [0.1, 0.15) is 44.7 Å². The lowest BCUT2D eigenvalue weighted by Gasteiger charge is -2.27. The highest BCUT2D eigenvalue weighted by Gasteiger charge is 2.32. The van der Waals surface area contributed by atoms with Crippen LogP contribution in [0.3, 0.4) is 0 Å². The van der Waals surface area contributed by atoms with Crippen molar-refractivity contribution in [2.45, 2.75) is 46.3 Å². The zero-order valence-corrected chi connectivity index (χ0v) is 17.5. The minimum absolute atomic E-state index is 0.219. The molecule has 5 nitrogen and oxygen atoms in total. The Hall–Kier alpha value is -2.35. The molecule has 3 N–H and O–H groups in total. The van der Waals surface area contributed by atoms with Gasteiger partial charge >= 0.3 is 6.18 Å². The van der Waals surface area contributed by atoms with Crippen molar-refractivity contribution in [3.8, 4) is 0 Å². The molecule has 1 amide bonds. The number of halogens is 3. The van der Waals surface area contributed by atoms with E-state index in [2.05, 4.69) is 4.90 Å². The van der Waals surface area contributed by atoms with Crippen LogP contribution in [-0.4, -0.2) is 53.8 Å². The number of nitrogens with one attached hydrogen (secondary N) is 1. The first-order chi connectivity index (χ1) is 13.5. The molecule has 29 heavy (non-hydrogen) atoms. The predicted molar refractivity (Wildman–Crippen MR) is 110 cm³/mol. The molecule has 8 heteroatoms. The summed E-state index contributed by atoms with van der Waals surface area (Å²) in [5, 5.41) is 7.85. The molecule has 0 atom stereocenters. The number of benzene rings is 1. The van der Waals surface area contributed by atoms with Crippen LogP contribution in [0.15, 0.2) is 36.0 Å². The molecule has 0 fully saturated rings. The summed E-state index contributed by atoms with van der Waals surface area (Å²) in [6, 6.07) is 7.65.